The van der Waals surface area contributed by atoms with E-state index in [0.717, 1.165) is 4.31 Å². The van der Waals surface area contributed by atoms with Crippen LogP contribution < -0.4 is 4.72 Å². The summed E-state index contributed by atoms with van der Waals surface area (Å²) in [6.07, 6.45) is 0.0395. The Kier molecular flexibility index (Phi) is 6.30. The molecule has 0 heterocycles. The van der Waals surface area contributed by atoms with E-state index in [1.807, 2.05) is 6.07 Å². The molecule has 0 saturated heterocycles. The molecule has 0 unspecified atom stereocenters. The van der Waals surface area contributed by atoms with Crippen LogP contribution in [0.3, 0.4) is 0 Å². The first-order valence-electron chi connectivity index (χ1n) is 6.34. The Morgan fingerprint density at radius 2 is 2.05 bits per heavy atom. The zero-order chi connectivity index (χ0) is 15.9. The van der Waals surface area contributed by atoms with Gasteiger partial charge in [-0.25, -0.2) is 0 Å². The van der Waals surface area contributed by atoms with Gasteiger partial charge in [0.05, 0.1) is 6.07 Å². The van der Waals surface area contributed by atoms with Gasteiger partial charge in [0.1, 0.15) is 6.04 Å². The third-order valence-corrected chi connectivity index (χ3v) is 4.47. The molecular weight excluding hydrogens is 294 g/mol. The van der Waals surface area contributed by atoms with Gasteiger partial charge in [-0.1, -0.05) is 37.3 Å². The Bertz CT molecular complexity index is 610. The molecule has 0 amide bonds. The number of benzene rings is 1. The van der Waals surface area contributed by atoms with Crippen molar-refractivity contribution in [2.45, 2.75) is 19.4 Å². The van der Waals surface area contributed by atoms with Crippen LogP contribution in [0.25, 0.3) is 0 Å². The molecule has 0 fully saturated rings. The van der Waals surface area contributed by atoms with Crippen molar-refractivity contribution in [1.82, 2.24) is 9.03 Å². The summed E-state index contributed by atoms with van der Waals surface area (Å²) >= 11 is 0. The highest BCUT2D eigenvalue weighted by molar-refractivity contribution is 7.87. The van der Waals surface area contributed by atoms with E-state index in [4.69, 9.17) is 5.26 Å². The van der Waals surface area contributed by atoms with Crippen molar-refractivity contribution in [3.63, 3.8) is 0 Å². The van der Waals surface area contributed by atoms with Gasteiger partial charge >= 0.3 is 5.97 Å². The lowest BCUT2D eigenvalue weighted by Crippen LogP contribution is -2.44. The van der Waals surface area contributed by atoms with Crippen molar-refractivity contribution < 1.29 is 18.3 Å². The summed E-state index contributed by atoms with van der Waals surface area (Å²) in [6, 6.07) is 8.54. The lowest BCUT2D eigenvalue weighted by Gasteiger charge is -2.22. The number of nitrogens with zero attached hydrogens (tertiary/aromatic N) is 2. The molecule has 1 rings (SSSR count). The molecule has 0 aliphatic carbocycles. The zero-order valence-electron chi connectivity index (χ0n) is 11.6. The number of rotatable bonds is 8. The first-order valence-corrected chi connectivity index (χ1v) is 7.78. The van der Waals surface area contributed by atoms with E-state index in [0.29, 0.717) is 5.56 Å². The van der Waals surface area contributed by atoms with Crippen molar-refractivity contribution in [2.75, 3.05) is 13.1 Å². The lowest BCUT2D eigenvalue weighted by atomic mass is 10.1. The van der Waals surface area contributed by atoms with E-state index >= 15 is 0 Å². The molecule has 0 spiro atoms. The molecule has 2 N–H and O–H groups in total. The zero-order valence-corrected chi connectivity index (χ0v) is 12.4. The molecule has 114 valence electrons. The summed E-state index contributed by atoms with van der Waals surface area (Å²) in [5.74, 6) is -1.29. The molecular formula is C13H17N3O4S. The number of carbonyl (C=O) groups is 1. The van der Waals surface area contributed by atoms with Gasteiger partial charge in [0.2, 0.25) is 0 Å². The Morgan fingerprint density at radius 3 is 2.52 bits per heavy atom. The van der Waals surface area contributed by atoms with Gasteiger partial charge in [0.25, 0.3) is 10.2 Å². The van der Waals surface area contributed by atoms with Crippen molar-refractivity contribution in [3.8, 4) is 6.07 Å². The number of carboxylic acids is 1. The van der Waals surface area contributed by atoms with Crippen LogP contribution in [0.4, 0.5) is 0 Å². The monoisotopic (exact) mass is 311 g/mol. The van der Waals surface area contributed by atoms with Gasteiger partial charge in [-0.15, -0.1) is 0 Å². The summed E-state index contributed by atoms with van der Waals surface area (Å²) in [7, 11) is -3.99. The number of nitrogens with one attached hydrogen (secondary N) is 1. The standard InChI is InChI=1S/C13H17N3O4S/c1-2-16(10-6-9-14)21(19,20)15-12(13(17)18)11-7-4-3-5-8-11/h3-5,7-8,12,15H,2,6,10H2,1H3,(H,17,18)/t12-/m1/s1. The van der Waals surface area contributed by atoms with E-state index in [-0.39, 0.29) is 19.5 Å². The molecule has 0 aliphatic heterocycles. The van der Waals surface area contributed by atoms with Crippen LogP contribution in [0, 0.1) is 11.3 Å². The van der Waals surface area contributed by atoms with Gasteiger partial charge in [-0.2, -0.15) is 22.7 Å². The van der Waals surface area contributed by atoms with Crippen LogP contribution in [0.1, 0.15) is 24.9 Å². The maximum Gasteiger partial charge on any atom is 0.326 e. The smallest absolute Gasteiger partial charge is 0.326 e. The third-order valence-electron chi connectivity index (χ3n) is 2.81. The van der Waals surface area contributed by atoms with Gasteiger partial charge in [-0.05, 0) is 5.56 Å². The summed E-state index contributed by atoms with van der Waals surface area (Å²) in [6.45, 7) is 1.79. The molecule has 0 bridgehead atoms. The van der Waals surface area contributed by atoms with Gasteiger partial charge in [-0.3, -0.25) is 4.79 Å². The SMILES string of the molecule is CCN(CCC#N)S(=O)(=O)N[C@@H](C(=O)O)c1ccccc1. The molecule has 1 aromatic carbocycles. The maximum atomic E-state index is 12.2. The van der Waals surface area contributed by atoms with Crippen molar-refractivity contribution in [1.29, 1.82) is 5.26 Å². The predicted octanol–water partition coefficient (Wildman–Crippen LogP) is 0.882. The number of carboxylic acid groups (broad SMARTS) is 1. The normalized spacial score (nSPS) is 12.8. The summed E-state index contributed by atoms with van der Waals surface area (Å²) in [5.41, 5.74) is 0.338. The average Bonchev–Trinajstić information content (AvgIpc) is 2.46. The number of nitriles is 1. The molecule has 0 aromatic heterocycles. The minimum atomic E-state index is -3.99. The third kappa shape index (κ3) is 4.82. The molecule has 21 heavy (non-hydrogen) atoms. The van der Waals surface area contributed by atoms with E-state index in [9.17, 15) is 18.3 Å². The number of aliphatic carboxylic acids is 1. The number of hydrogen-bond donors (Lipinski definition) is 2. The molecule has 0 saturated carbocycles. The minimum absolute atomic E-state index is 0.0173. The average molecular weight is 311 g/mol. The second-order valence-corrected chi connectivity index (χ2v) is 5.91. The van der Waals surface area contributed by atoms with Crippen LogP contribution in [0.5, 0.6) is 0 Å². The highest BCUT2D eigenvalue weighted by Crippen LogP contribution is 2.15. The molecule has 0 aliphatic rings. The maximum absolute atomic E-state index is 12.2. The van der Waals surface area contributed by atoms with E-state index in [1.165, 1.54) is 12.1 Å². The van der Waals surface area contributed by atoms with Crippen molar-refractivity contribution >= 4 is 16.2 Å². The molecule has 1 aromatic rings. The van der Waals surface area contributed by atoms with Crippen LogP contribution >= 0.6 is 0 Å². The topological polar surface area (TPSA) is 111 Å². The fourth-order valence-corrected chi connectivity index (χ4v) is 3.11. The summed E-state index contributed by atoms with van der Waals surface area (Å²) in [5, 5.41) is 17.8. The fraction of sp³-hybridized carbons (Fsp3) is 0.385. The van der Waals surface area contributed by atoms with Crippen molar-refractivity contribution in [2.24, 2.45) is 0 Å². The van der Waals surface area contributed by atoms with Crippen LogP contribution in [-0.4, -0.2) is 36.9 Å². The highest BCUT2D eigenvalue weighted by atomic mass is 32.2. The van der Waals surface area contributed by atoms with Gasteiger partial charge in [0, 0.05) is 19.5 Å². The first-order chi connectivity index (χ1) is 9.92. The van der Waals surface area contributed by atoms with E-state index < -0.39 is 22.2 Å². The first kappa shape index (κ1) is 17.1. The van der Waals surface area contributed by atoms with Crippen molar-refractivity contribution in [3.05, 3.63) is 35.9 Å². The van der Waals surface area contributed by atoms with E-state index in [1.54, 1.807) is 25.1 Å². The van der Waals surface area contributed by atoms with Crippen LogP contribution in [0.15, 0.2) is 30.3 Å². The summed E-state index contributed by atoms with van der Waals surface area (Å²) < 4.78 is 27.6. The molecule has 7 nitrogen and oxygen atoms in total. The molecule has 0 radical (unpaired) electrons. The Hall–Kier alpha value is -1.95. The Morgan fingerprint density at radius 1 is 1.43 bits per heavy atom. The van der Waals surface area contributed by atoms with Crippen LogP contribution in [0.2, 0.25) is 0 Å². The molecule has 8 heteroatoms. The van der Waals surface area contributed by atoms with E-state index in [2.05, 4.69) is 4.72 Å². The predicted molar refractivity (Wildman–Crippen MR) is 76.4 cm³/mol. The number of hydrogen-bond acceptors (Lipinski definition) is 4. The summed E-state index contributed by atoms with van der Waals surface area (Å²) in [4.78, 5) is 11.3. The lowest BCUT2D eigenvalue weighted by molar-refractivity contribution is -0.139. The second-order valence-electron chi connectivity index (χ2n) is 4.20. The Balaban J connectivity index is 2.98. The van der Waals surface area contributed by atoms with Gasteiger partial charge < -0.3 is 5.11 Å². The quantitative estimate of drug-likeness (QED) is 0.740. The fourth-order valence-electron chi connectivity index (χ4n) is 1.75. The van der Waals surface area contributed by atoms with Crippen LogP contribution in [-0.2, 0) is 15.0 Å². The molecule has 1 atom stereocenters. The second kappa shape index (κ2) is 7.73. The van der Waals surface area contributed by atoms with Gasteiger partial charge in [0.15, 0.2) is 0 Å². The Labute approximate surface area is 124 Å². The minimum Gasteiger partial charge on any atom is -0.480 e. The largest absolute Gasteiger partial charge is 0.480 e. The highest BCUT2D eigenvalue weighted by Gasteiger charge is 2.29.